The molecule has 4 rings (SSSR count). The number of anilines is 3. The second-order valence-electron chi connectivity index (χ2n) is 6.22. The smallest absolute Gasteiger partial charge is 0.123 e. The van der Waals surface area contributed by atoms with Crippen molar-refractivity contribution in [2.75, 3.05) is 10.2 Å². The monoisotopic (exact) mass is 290 g/mol. The van der Waals surface area contributed by atoms with Crippen LogP contribution in [0.2, 0.25) is 0 Å². The lowest BCUT2D eigenvalue weighted by Gasteiger charge is -2.32. The Morgan fingerprint density at radius 1 is 0.955 bits per heavy atom. The van der Waals surface area contributed by atoms with Crippen molar-refractivity contribution >= 4 is 17.1 Å². The lowest BCUT2D eigenvalue weighted by atomic mass is 9.75. The Hall–Kier alpha value is -2.22. The minimum atomic E-state index is 0.136. The van der Waals surface area contributed by atoms with Gasteiger partial charge in [0.25, 0.3) is 0 Å². The van der Waals surface area contributed by atoms with Crippen LogP contribution in [0.5, 0.6) is 0 Å². The van der Waals surface area contributed by atoms with Gasteiger partial charge < -0.3 is 10.2 Å². The van der Waals surface area contributed by atoms with E-state index in [0.717, 1.165) is 12.8 Å². The average molecular weight is 290 g/mol. The Morgan fingerprint density at radius 2 is 1.64 bits per heavy atom. The molecule has 0 amide bonds. The molecule has 22 heavy (non-hydrogen) atoms. The molecular formula is C20H22N2. The summed E-state index contributed by atoms with van der Waals surface area (Å²) in [7, 11) is 0. The van der Waals surface area contributed by atoms with E-state index in [1.165, 1.54) is 22.6 Å². The molecule has 2 nitrogen and oxygen atoms in total. The third-order valence-corrected chi connectivity index (χ3v) is 5.30. The molecule has 0 saturated heterocycles. The van der Waals surface area contributed by atoms with Crippen molar-refractivity contribution < 1.29 is 0 Å². The van der Waals surface area contributed by atoms with Crippen LogP contribution in [0, 0.1) is 0 Å². The van der Waals surface area contributed by atoms with Gasteiger partial charge >= 0.3 is 0 Å². The molecule has 0 spiro atoms. The molecule has 2 heteroatoms. The lowest BCUT2D eigenvalue weighted by molar-refractivity contribution is 0.499. The molecule has 1 N–H and O–H groups in total. The molecule has 0 bridgehead atoms. The molecule has 2 heterocycles. The molecule has 2 aliphatic rings. The predicted octanol–water partition coefficient (Wildman–Crippen LogP) is 5.20. The van der Waals surface area contributed by atoms with Crippen LogP contribution < -0.4 is 10.2 Å². The largest absolute Gasteiger partial charge is 0.360 e. The zero-order valence-corrected chi connectivity index (χ0v) is 13.2. The maximum Gasteiger partial charge on any atom is 0.123 e. The maximum absolute atomic E-state index is 3.64. The van der Waals surface area contributed by atoms with Gasteiger partial charge in [0.05, 0.1) is 11.4 Å². The first-order valence-corrected chi connectivity index (χ1v) is 8.23. The van der Waals surface area contributed by atoms with Crippen LogP contribution in [0.15, 0.2) is 60.7 Å². The van der Waals surface area contributed by atoms with Crippen molar-refractivity contribution in [2.45, 2.75) is 38.3 Å². The number of benzene rings is 2. The zero-order chi connectivity index (χ0) is 15.2. The van der Waals surface area contributed by atoms with Gasteiger partial charge in [0, 0.05) is 11.1 Å². The Morgan fingerprint density at radius 3 is 2.41 bits per heavy atom. The quantitative estimate of drug-likeness (QED) is 0.764. The van der Waals surface area contributed by atoms with Crippen LogP contribution in [0.1, 0.15) is 32.3 Å². The zero-order valence-electron chi connectivity index (χ0n) is 13.2. The fourth-order valence-electron chi connectivity index (χ4n) is 3.93. The molecule has 112 valence electrons. The highest BCUT2D eigenvalue weighted by Crippen LogP contribution is 2.48. The lowest BCUT2D eigenvalue weighted by Crippen LogP contribution is -2.29. The molecular weight excluding hydrogens is 268 g/mol. The Kier molecular flexibility index (Phi) is 3.00. The standard InChI is InChI=1S/C20H22N2/c1-3-20(4-2)14-13-19-21-16-10-6-8-12-18(16)22(19)17-11-7-5-9-15(17)20/h5-14,19,21H,3-4H2,1-2H3. The Bertz CT molecular complexity index is 728. The highest BCUT2D eigenvalue weighted by molar-refractivity contribution is 5.85. The maximum atomic E-state index is 3.64. The van der Waals surface area contributed by atoms with E-state index in [9.17, 15) is 0 Å². The van der Waals surface area contributed by atoms with Crippen LogP contribution in [0.25, 0.3) is 0 Å². The number of nitrogens with zero attached hydrogens (tertiary/aromatic N) is 1. The SMILES string of the molecule is CCC1(CC)C=CC2Nc3ccccc3N2c2ccccc21. The first-order valence-electron chi connectivity index (χ1n) is 8.23. The van der Waals surface area contributed by atoms with Crippen LogP contribution >= 0.6 is 0 Å². The summed E-state index contributed by atoms with van der Waals surface area (Å²) in [6.45, 7) is 4.59. The van der Waals surface area contributed by atoms with Gasteiger partial charge in [0.2, 0.25) is 0 Å². The average Bonchev–Trinajstić information content (AvgIpc) is 2.88. The Balaban J connectivity index is 1.96. The predicted molar refractivity (Wildman–Crippen MR) is 93.8 cm³/mol. The molecule has 1 atom stereocenters. The second-order valence-corrected chi connectivity index (χ2v) is 6.22. The highest BCUT2D eigenvalue weighted by Gasteiger charge is 2.37. The van der Waals surface area contributed by atoms with Crippen LogP contribution in [-0.4, -0.2) is 6.17 Å². The fourth-order valence-corrected chi connectivity index (χ4v) is 3.93. The van der Waals surface area contributed by atoms with E-state index < -0.39 is 0 Å². The van der Waals surface area contributed by atoms with Crippen molar-refractivity contribution in [2.24, 2.45) is 0 Å². The molecule has 1 unspecified atom stereocenters. The molecule has 0 radical (unpaired) electrons. The number of fused-ring (bicyclic) bond motifs is 5. The summed E-state index contributed by atoms with van der Waals surface area (Å²) in [5.41, 5.74) is 5.40. The summed E-state index contributed by atoms with van der Waals surface area (Å²) in [4.78, 5) is 2.44. The minimum Gasteiger partial charge on any atom is -0.360 e. The molecule has 2 aromatic carbocycles. The second kappa shape index (κ2) is 4.91. The van der Waals surface area contributed by atoms with E-state index in [1.807, 2.05) is 0 Å². The molecule has 0 fully saturated rings. The van der Waals surface area contributed by atoms with Crippen LogP contribution in [0.3, 0.4) is 0 Å². The van der Waals surface area contributed by atoms with E-state index in [4.69, 9.17) is 0 Å². The molecule has 0 aromatic heterocycles. The fraction of sp³-hybridized carbons (Fsp3) is 0.300. The minimum absolute atomic E-state index is 0.136. The topological polar surface area (TPSA) is 15.3 Å². The van der Waals surface area contributed by atoms with Gasteiger partial charge in [-0.05, 0) is 42.7 Å². The first kappa shape index (κ1) is 13.4. The number of para-hydroxylation sites is 3. The summed E-state index contributed by atoms with van der Waals surface area (Å²) >= 11 is 0. The van der Waals surface area contributed by atoms with Gasteiger partial charge in [-0.25, -0.2) is 0 Å². The summed E-state index contributed by atoms with van der Waals surface area (Å²) in [5.74, 6) is 0. The number of rotatable bonds is 2. The van der Waals surface area contributed by atoms with Gasteiger partial charge in [-0.1, -0.05) is 50.3 Å². The third kappa shape index (κ3) is 1.73. The summed E-state index contributed by atoms with van der Waals surface area (Å²) < 4.78 is 0. The van der Waals surface area contributed by atoms with Crippen molar-refractivity contribution in [3.05, 3.63) is 66.2 Å². The van der Waals surface area contributed by atoms with E-state index in [2.05, 4.69) is 84.7 Å². The van der Waals surface area contributed by atoms with Gasteiger partial charge in [-0.2, -0.15) is 0 Å². The van der Waals surface area contributed by atoms with E-state index in [1.54, 1.807) is 0 Å². The molecule has 0 aliphatic carbocycles. The number of nitrogens with one attached hydrogen (secondary N) is 1. The third-order valence-electron chi connectivity index (χ3n) is 5.30. The van der Waals surface area contributed by atoms with E-state index >= 15 is 0 Å². The van der Waals surface area contributed by atoms with Crippen molar-refractivity contribution in [1.29, 1.82) is 0 Å². The van der Waals surface area contributed by atoms with E-state index in [-0.39, 0.29) is 11.6 Å². The van der Waals surface area contributed by atoms with Crippen molar-refractivity contribution in [1.82, 2.24) is 0 Å². The summed E-state index contributed by atoms with van der Waals surface area (Å²) in [6, 6.07) is 17.5. The molecule has 2 aliphatic heterocycles. The summed E-state index contributed by atoms with van der Waals surface area (Å²) in [5, 5.41) is 3.64. The van der Waals surface area contributed by atoms with Gasteiger partial charge in [0.1, 0.15) is 6.17 Å². The van der Waals surface area contributed by atoms with Gasteiger partial charge in [0.15, 0.2) is 0 Å². The first-order chi connectivity index (χ1) is 10.8. The van der Waals surface area contributed by atoms with Gasteiger partial charge in [-0.15, -0.1) is 0 Å². The van der Waals surface area contributed by atoms with Gasteiger partial charge in [-0.3, -0.25) is 0 Å². The van der Waals surface area contributed by atoms with Crippen molar-refractivity contribution in [3.63, 3.8) is 0 Å². The number of hydrogen-bond acceptors (Lipinski definition) is 2. The number of hydrogen-bond donors (Lipinski definition) is 1. The Labute approximate surface area is 132 Å². The molecule has 0 saturated carbocycles. The molecule has 2 aromatic rings. The van der Waals surface area contributed by atoms with E-state index in [0.29, 0.717) is 0 Å². The highest BCUT2D eigenvalue weighted by atomic mass is 15.3. The number of allylic oxidation sites excluding steroid dienone is 1. The van der Waals surface area contributed by atoms with Crippen LogP contribution in [0.4, 0.5) is 17.1 Å². The normalized spacial score (nSPS) is 20.6. The summed E-state index contributed by atoms with van der Waals surface area (Å²) in [6.07, 6.45) is 7.22. The van der Waals surface area contributed by atoms with Crippen molar-refractivity contribution in [3.8, 4) is 0 Å². The van der Waals surface area contributed by atoms with Crippen LogP contribution in [-0.2, 0) is 5.41 Å².